The summed E-state index contributed by atoms with van der Waals surface area (Å²) in [6, 6.07) is 14.0. The van der Waals surface area contributed by atoms with Crippen LogP contribution in [0.1, 0.15) is 54.1 Å². The van der Waals surface area contributed by atoms with E-state index in [2.05, 4.69) is 10.3 Å². The zero-order valence-corrected chi connectivity index (χ0v) is 20.4. The van der Waals surface area contributed by atoms with E-state index in [1.807, 2.05) is 24.3 Å². The fourth-order valence-electron chi connectivity index (χ4n) is 4.84. The lowest BCUT2D eigenvalue weighted by atomic mass is 9.95. The summed E-state index contributed by atoms with van der Waals surface area (Å²) >= 11 is 0. The molecular formula is C27H26N4O7. The van der Waals surface area contributed by atoms with Crippen molar-refractivity contribution < 1.29 is 24.2 Å². The van der Waals surface area contributed by atoms with E-state index in [1.54, 1.807) is 24.3 Å². The van der Waals surface area contributed by atoms with Crippen LogP contribution in [-0.2, 0) is 11.3 Å². The fourth-order valence-corrected chi connectivity index (χ4v) is 4.84. The van der Waals surface area contributed by atoms with Gasteiger partial charge in [-0.25, -0.2) is 9.78 Å². The Balaban J connectivity index is 1.52. The van der Waals surface area contributed by atoms with Crippen LogP contribution in [0.5, 0.6) is 5.88 Å². The van der Waals surface area contributed by atoms with Crippen molar-refractivity contribution in [1.29, 1.82) is 0 Å². The summed E-state index contributed by atoms with van der Waals surface area (Å²) in [5.74, 6) is -2.74. The summed E-state index contributed by atoms with van der Waals surface area (Å²) in [5.41, 5.74) is 0.403. The lowest BCUT2D eigenvalue weighted by molar-refractivity contribution is -0.135. The van der Waals surface area contributed by atoms with Crippen molar-refractivity contribution >= 4 is 23.0 Å². The van der Waals surface area contributed by atoms with Gasteiger partial charge in [-0.3, -0.25) is 23.5 Å². The first-order valence-electron chi connectivity index (χ1n) is 12.4. The van der Waals surface area contributed by atoms with Crippen LogP contribution in [-0.4, -0.2) is 42.8 Å². The van der Waals surface area contributed by atoms with E-state index in [-0.39, 0.29) is 6.54 Å². The van der Waals surface area contributed by atoms with Crippen molar-refractivity contribution in [2.24, 2.45) is 0 Å². The molecule has 0 saturated heterocycles. The third-order valence-electron chi connectivity index (χ3n) is 6.75. The predicted molar refractivity (Wildman–Crippen MR) is 137 cm³/mol. The number of amides is 1. The quantitative estimate of drug-likeness (QED) is 0.337. The molecule has 1 saturated carbocycles. The first kappa shape index (κ1) is 25.0. The van der Waals surface area contributed by atoms with Gasteiger partial charge in [0.2, 0.25) is 11.8 Å². The third kappa shape index (κ3) is 4.82. The maximum absolute atomic E-state index is 13.5. The Bertz CT molecular complexity index is 1590. The molecule has 0 atom stereocenters. The van der Waals surface area contributed by atoms with Crippen LogP contribution in [0.25, 0.3) is 22.6 Å². The number of carboxylic acids is 1. The van der Waals surface area contributed by atoms with Gasteiger partial charge in [-0.15, -0.1) is 0 Å². The summed E-state index contributed by atoms with van der Waals surface area (Å²) in [7, 11) is 0. The Morgan fingerprint density at radius 2 is 1.74 bits per heavy atom. The standard InChI is InChI=1S/C27H26N4O7/c32-21(33)14-28-23(34)22-25(35)30(27(37)31(26(22)36)18-6-2-1-3-7-18)15-16-10-12-17(13-11-16)24-29-19-8-4-5-9-20(19)38-24/h4-5,8-13,18,35H,1-3,6-7,14-15H2,(H,28,34)(H,32,33). The van der Waals surface area contributed by atoms with Gasteiger partial charge in [-0.1, -0.05) is 43.5 Å². The molecule has 2 aromatic heterocycles. The van der Waals surface area contributed by atoms with Gasteiger partial charge in [-0.2, -0.15) is 0 Å². The van der Waals surface area contributed by atoms with Crippen molar-refractivity contribution in [3.05, 3.63) is 80.5 Å². The van der Waals surface area contributed by atoms with Gasteiger partial charge in [0.15, 0.2) is 11.1 Å². The monoisotopic (exact) mass is 518 g/mol. The average molecular weight is 519 g/mol. The number of nitrogens with one attached hydrogen (secondary N) is 1. The first-order chi connectivity index (χ1) is 18.3. The fraction of sp³-hybridized carbons (Fsp3) is 0.296. The topological polar surface area (TPSA) is 157 Å². The summed E-state index contributed by atoms with van der Waals surface area (Å²) < 4.78 is 7.80. The molecule has 0 spiro atoms. The number of benzene rings is 2. The number of aromatic nitrogens is 3. The van der Waals surface area contributed by atoms with Gasteiger partial charge in [-0.05, 0) is 42.7 Å². The summed E-state index contributed by atoms with van der Waals surface area (Å²) in [5, 5.41) is 21.9. The number of nitrogens with zero attached hydrogens (tertiary/aromatic N) is 3. The molecule has 11 nitrogen and oxygen atoms in total. The summed E-state index contributed by atoms with van der Waals surface area (Å²) in [6.45, 7) is -0.859. The number of oxazole rings is 1. The zero-order chi connectivity index (χ0) is 26.8. The van der Waals surface area contributed by atoms with Gasteiger partial charge >= 0.3 is 11.7 Å². The molecule has 0 unspecified atom stereocenters. The van der Waals surface area contributed by atoms with Crippen LogP contribution in [0.15, 0.2) is 62.5 Å². The first-order valence-corrected chi connectivity index (χ1v) is 12.4. The Labute approximate surface area is 216 Å². The largest absolute Gasteiger partial charge is 0.494 e. The van der Waals surface area contributed by atoms with Crippen LogP contribution < -0.4 is 16.6 Å². The molecule has 4 aromatic rings. The van der Waals surface area contributed by atoms with E-state index >= 15 is 0 Å². The van der Waals surface area contributed by atoms with Crippen LogP contribution >= 0.6 is 0 Å². The van der Waals surface area contributed by atoms with Crippen molar-refractivity contribution in [1.82, 2.24) is 19.4 Å². The van der Waals surface area contributed by atoms with E-state index in [1.165, 1.54) is 0 Å². The average Bonchev–Trinajstić information content (AvgIpc) is 3.35. The normalized spacial score (nSPS) is 14.0. The van der Waals surface area contributed by atoms with Crippen molar-refractivity contribution in [2.75, 3.05) is 6.54 Å². The maximum atomic E-state index is 13.5. The number of rotatable bonds is 7. The van der Waals surface area contributed by atoms with Gasteiger partial charge in [0.25, 0.3) is 11.5 Å². The molecule has 0 bridgehead atoms. The highest BCUT2D eigenvalue weighted by atomic mass is 16.4. The van der Waals surface area contributed by atoms with Gasteiger partial charge in [0.1, 0.15) is 12.1 Å². The Morgan fingerprint density at radius 1 is 1.03 bits per heavy atom. The molecule has 5 rings (SSSR count). The second kappa shape index (κ2) is 10.4. The van der Waals surface area contributed by atoms with Crippen LogP contribution in [0.4, 0.5) is 0 Å². The highest BCUT2D eigenvalue weighted by Crippen LogP contribution is 2.27. The second-order valence-corrected chi connectivity index (χ2v) is 9.29. The molecule has 3 N–H and O–H groups in total. The Morgan fingerprint density at radius 3 is 2.42 bits per heavy atom. The molecule has 0 aliphatic heterocycles. The second-order valence-electron chi connectivity index (χ2n) is 9.29. The Kier molecular flexibility index (Phi) is 6.82. The van der Waals surface area contributed by atoms with Gasteiger partial charge in [0, 0.05) is 11.6 Å². The number of fused-ring (bicyclic) bond motifs is 1. The SMILES string of the molecule is O=C(O)CNC(=O)c1c(O)n(Cc2ccc(-c3nc4ccccc4o3)cc2)c(=O)n(C2CCCCC2)c1=O. The lowest BCUT2D eigenvalue weighted by Crippen LogP contribution is -2.47. The number of aliphatic carboxylic acids is 1. The minimum Gasteiger partial charge on any atom is -0.494 e. The van der Waals surface area contributed by atoms with Gasteiger partial charge < -0.3 is 19.9 Å². The maximum Gasteiger partial charge on any atom is 0.334 e. The molecular weight excluding hydrogens is 492 g/mol. The number of carboxylic acid groups (broad SMARTS) is 1. The van der Waals surface area contributed by atoms with Crippen LogP contribution in [0.2, 0.25) is 0 Å². The molecule has 38 heavy (non-hydrogen) atoms. The van der Waals surface area contributed by atoms with Crippen molar-refractivity contribution in [2.45, 2.75) is 44.7 Å². The van der Waals surface area contributed by atoms with E-state index in [4.69, 9.17) is 9.52 Å². The number of para-hydroxylation sites is 2. The molecule has 2 aromatic carbocycles. The number of hydrogen-bond acceptors (Lipinski definition) is 7. The van der Waals surface area contributed by atoms with Crippen molar-refractivity contribution in [3.8, 4) is 17.3 Å². The summed E-state index contributed by atoms with van der Waals surface area (Å²) in [6.07, 6.45) is 3.82. The summed E-state index contributed by atoms with van der Waals surface area (Å²) in [4.78, 5) is 54.8. The molecule has 1 aliphatic carbocycles. The highest BCUT2D eigenvalue weighted by Gasteiger charge is 2.28. The number of hydrogen-bond donors (Lipinski definition) is 3. The lowest BCUT2D eigenvalue weighted by Gasteiger charge is -2.25. The molecule has 11 heteroatoms. The molecule has 196 valence electrons. The number of carbonyl (C=O) groups excluding carboxylic acids is 1. The van der Waals surface area contributed by atoms with Crippen LogP contribution in [0.3, 0.4) is 0 Å². The Hall–Kier alpha value is -4.67. The molecule has 0 radical (unpaired) electrons. The van der Waals surface area contributed by atoms with Crippen LogP contribution in [0, 0.1) is 0 Å². The molecule has 1 aliphatic rings. The molecule has 2 heterocycles. The van der Waals surface area contributed by atoms with Crippen molar-refractivity contribution in [3.63, 3.8) is 0 Å². The van der Waals surface area contributed by atoms with Gasteiger partial charge in [0.05, 0.1) is 6.54 Å². The minimum absolute atomic E-state index is 0.120. The van der Waals surface area contributed by atoms with E-state index < -0.39 is 47.2 Å². The van der Waals surface area contributed by atoms with E-state index in [0.717, 1.165) is 33.9 Å². The molecule has 1 amide bonds. The number of carbonyl (C=O) groups is 2. The zero-order valence-electron chi connectivity index (χ0n) is 20.4. The third-order valence-corrected chi connectivity index (χ3v) is 6.75. The molecule has 1 fully saturated rings. The smallest absolute Gasteiger partial charge is 0.334 e. The highest BCUT2D eigenvalue weighted by molar-refractivity contribution is 5.97. The van der Waals surface area contributed by atoms with E-state index in [9.17, 15) is 24.3 Å². The number of aromatic hydroxyl groups is 1. The predicted octanol–water partition coefficient (Wildman–Crippen LogP) is 2.89. The van der Waals surface area contributed by atoms with E-state index in [0.29, 0.717) is 35.4 Å². The minimum atomic E-state index is -1.31.